The molecule has 2 fully saturated rings. The number of carbonyl (C=O) groups excluding carboxylic acids is 2. The maximum Gasteiger partial charge on any atom is 0.508 e. The molecule has 4 heterocycles. The highest BCUT2D eigenvalue weighted by molar-refractivity contribution is 8.00. The topological polar surface area (TPSA) is 230 Å². The molecule has 2 aliphatic heterocycles. The third-order valence-electron chi connectivity index (χ3n) is 5.90. The fraction of sp³-hybridized carbons (Fsp3) is 0.583. The summed E-state index contributed by atoms with van der Waals surface area (Å²) < 4.78 is 70.7. The van der Waals surface area contributed by atoms with Crippen molar-refractivity contribution in [2.24, 2.45) is 0 Å². The highest BCUT2D eigenvalue weighted by Gasteiger charge is 2.31. The average Bonchev–Trinajstić information content (AvgIpc) is 3.70. The Morgan fingerprint density at radius 3 is 1.54 bits per heavy atom. The molecule has 0 radical (unpaired) electrons. The van der Waals surface area contributed by atoms with Crippen LogP contribution in [0.2, 0.25) is 0 Å². The molecule has 2 aromatic heterocycles. The van der Waals surface area contributed by atoms with Crippen molar-refractivity contribution in [3.63, 3.8) is 0 Å². The number of anilines is 2. The first kappa shape index (κ1) is 35.2. The van der Waals surface area contributed by atoms with E-state index in [0.717, 1.165) is 21.5 Å². The van der Waals surface area contributed by atoms with Gasteiger partial charge in [-0.1, -0.05) is 0 Å². The van der Waals surface area contributed by atoms with Gasteiger partial charge in [0, 0.05) is 11.5 Å². The molecule has 4 N–H and O–H groups in total. The third kappa shape index (κ3) is 10.4. The highest BCUT2D eigenvalue weighted by Crippen LogP contribution is 2.32. The minimum absolute atomic E-state index is 0.0666. The van der Waals surface area contributed by atoms with Gasteiger partial charge in [-0.05, 0) is 0 Å². The van der Waals surface area contributed by atoms with E-state index in [2.05, 4.69) is 9.97 Å². The van der Waals surface area contributed by atoms with Gasteiger partial charge in [-0.25, -0.2) is 28.0 Å². The van der Waals surface area contributed by atoms with Gasteiger partial charge in [0.2, 0.25) is 0 Å². The van der Waals surface area contributed by atoms with E-state index in [1.807, 2.05) is 0 Å². The van der Waals surface area contributed by atoms with Gasteiger partial charge >= 0.3 is 23.7 Å². The molecule has 0 spiro atoms. The second-order valence-electron chi connectivity index (χ2n) is 9.08. The summed E-state index contributed by atoms with van der Waals surface area (Å²) in [6, 6.07) is 0. The molecule has 18 nitrogen and oxygen atoms in total. The summed E-state index contributed by atoms with van der Waals surface area (Å²) in [4.78, 5) is 54.1. The van der Waals surface area contributed by atoms with E-state index in [9.17, 15) is 28.0 Å². The van der Waals surface area contributed by atoms with Gasteiger partial charge < -0.3 is 49.4 Å². The molecule has 0 aromatic carbocycles. The maximum atomic E-state index is 13.6. The molecule has 4 atom stereocenters. The summed E-state index contributed by atoms with van der Waals surface area (Å²) >= 11 is 2.52. The first-order chi connectivity index (χ1) is 22.1. The van der Waals surface area contributed by atoms with E-state index in [-0.39, 0.29) is 52.9 Å². The summed E-state index contributed by atoms with van der Waals surface area (Å²) in [5.74, 6) is -2.11. The second-order valence-corrected chi connectivity index (χ2v) is 11.5. The van der Waals surface area contributed by atoms with Crippen LogP contribution in [0.4, 0.5) is 30.0 Å². The normalized spacial score (nSPS) is 20.8. The number of hydrogen-bond donors (Lipinski definition) is 2. The monoisotopic (exact) mass is 696 g/mol. The van der Waals surface area contributed by atoms with Gasteiger partial charge in [0.05, 0.1) is 38.8 Å². The van der Waals surface area contributed by atoms with Crippen molar-refractivity contribution in [3.05, 3.63) is 45.0 Å². The number of nitrogens with two attached hydrogens (primary N) is 2. The third-order valence-corrected chi connectivity index (χ3v) is 8.09. The minimum atomic E-state index is -0.947. The fourth-order valence-electron chi connectivity index (χ4n) is 3.73. The number of rotatable bonds is 15. The van der Waals surface area contributed by atoms with Crippen LogP contribution in [0.3, 0.4) is 0 Å². The predicted octanol–water partition coefficient (Wildman–Crippen LogP) is 0.459. The van der Waals surface area contributed by atoms with Crippen molar-refractivity contribution in [2.75, 3.05) is 75.8 Å². The fourth-order valence-corrected chi connectivity index (χ4v) is 5.71. The van der Waals surface area contributed by atoms with E-state index < -0.39 is 70.3 Å². The lowest BCUT2D eigenvalue weighted by Crippen LogP contribution is -2.30. The van der Waals surface area contributed by atoms with Crippen molar-refractivity contribution in [1.82, 2.24) is 19.1 Å². The number of hydrogen-bond acceptors (Lipinski definition) is 18. The molecule has 2 aliphatic rings. The summed E-state index contributed by atoms with van der Waals surface area (Å²) in [6.45, 7) is -0.0240. The van der Waals surface area contributed by atoms with Crippen LogP contribution < -0.4 is 22.8 Å². The van der Waals surface area contributed by atoms with Gasteiger partial charge in [0.1, 0.15) is 49.8 Å². The molecule has 46 heavy (non-hydrogen) atoms. The first-order valence-corrected chi connectivity index (χ1v) is 15.6. The molecule has 2 aromatic rings. The SMILES string of the molecule is Nc1nc(=O)n([C@@H]2CS[C@H](COC(=O)OCCOCCOCCOC(=O)OC[C@H]3O[C@H](n4cc(F)c(N)nc4=O)CS3)O2)cc1F. The number of halogens is 2. The smallest absolute Gasteiger partial charge is 0.432 e. The predicted molar refractivity (Wildman–Crippen MR) is 155 cm³/mol. The number of nitrogen functional groups attached to an aromatic ring is 2. The summed E-state index contributed by atoms with van der Waals surface area (Å²) in [5.41, 5.74) is 7.82. The van der Waals surface area contributed by atoms with Crippen molar-refractivity contribution in [1.29, 1.82) is 0 Å². The lowest BCUT2D eigenvalue weighted by Gasteiger charge is -2.15. The Morgan fingerprint density at radius 2 is 1.13 bits per heavy atom. The van der Waals surface area contributed by atoms with E-state index in [1.54, 1.807) is 0 Å². The molecule has 2 saturated heterocycles. The molecule has 0 aliphatic carbocycles. The molecule has 22 heteroatoms. The van der Waals surface area contributed by atoms with Crippen LogP contribution in [0.1, 0.15) is 12.5 Å². The van der Waals surface area contributed by atoms with Gasteiger partial charge in [0.25, 0.3) is 0 Å². The van der Waals surface area contributed by atoms with Crippen LogP contribution in [0, 0.1) is 11.6 Å². The zero-order valence-electron chi connectivity index (χ0n) is 24.0. The summed E-state index contributed by atoms with van der Waals surface area (Å²) in [6.07, 6.45) is -1.67. The van der Waals surface area contributed by atoms with Gasteiger partial charge in [0.15, 0.2) is 23.3 Å². The molecule has 4 rings (SSSR count). The number of carbonyl (C=O) groups is 2. The van der Waals surface area contributed by atoms with Crippen LogP contribution in [-0.2, 0) is 37.9 Å². The van der Waals surface area contributed by atoms with Crippen molar-refractivity contribution in [3.8, 4) is 0 Å². The Morgan fingerprint density at radius 1 is 0.739 bits per heavy atom. The Kier molecular flexibility index (Phi) is 13.2. The van der Waals surface area contributed by atoms with Crippen LogP contribution in [-0.4, -0.2) is 107 Å². The molecule has 0 saturated carbocycles. The van der Waals surface area contributed by atoms with E-state index in [0.29, 0.717) is 11.5 Å². The Labute approximate surface area is 266 Å². The van der Waals surface area contributed by atoms with Crippen molar-refractivity contribution < 1.29 is 56.3 Å². The largest absolute Gasteiger partial charge is 0.508 e. The van der Waals surface area contributed by atoms with Gasteiger partial charge in [-0.2, -0.15) is 9.97 Å². The first-order valence-electron chi connectivity index (χ1n) is 13.5. The second kappa shape index (κ2) is 17.3. The molecular weight excluding hydrogens is 666 g/mol. The van der Waals surface area contributed by atoms with Crippen LogP contribution in [0.15, 0.2) is 22.0 Å². The maximum absolute atomic E-state index is 13.6. The molecule has 254 valence electrons. The Bertz CT molecular complexity index is 1360. The quantitative estimate of drug-likeness (QED) is 0.190. The summed E-state index contributed by atoms with van der Waals surface area (Å²) in [5, 5.41) is 0. The van der Waals surface area contributed by atoms with E-state index in [4.69, 9.17) is 49.4 Å². The van der Waals surface area contributed by atoms with E-state index >= 15 is 0 Å². The van der Waals surface area contributed by atoms with Gasteiger partial charge in [-0.15, -0.1) is 23.5 Å². The van der Waals surface area contributed by atoms with Crippen LogP contribution in [0.5, 0.6) is 0 Å². The Hall–Kier alpha value is -3.70. The Balaban J connectivity index is 0.952. The lowest BCUT2D eigenvalue weighted by atomic mass is 10.5. The lowest BCUT2D eigenvalue weighted by molar-refractivity contribution is -0.0335. The zero-order valence-corrected chi connectivity index (χ0v) is 25.6. The number of thioether (sulfide) groups is 2. The highest BCUT2D eigenvalue weighted by atomic mass is 32.2. The van der Waals surface area contributed by atoms with Gasteiger partial charge in [-0.3, -0.25) is 9.13 Å². The molecule has 0 bridgehead atoms. The summed E-state index contributed by atoms with van der Waals surface area (Å²) in [7, 11) is 0. The zero-order chi connectivity index (χ0) is 33.1. The minimum Gasteiger partial charge on any atom is -0.432 e. The van der Waals surface area contributed by atoms with Crippen molar-refractivity contribution in [2.45, 2.75) is 23.3 Å². The molecular formula is C24H30F2N6O12S2. The van der Waals surface area contributed by atoms with Crippen molar-refractivity contribution >= 4 is 47.5 Å². The molecule has 0 unspecified atom stereocenters. The number of ether oxygens (including phenoxy) is 8. The standard InChI is InChI=1S/C24H30F2N6O12S2/c25-13-7-31(21(33)29-19(13)27)15-11-45-17(43-15)9-41-23(35)39-5-3-37-1-2-38-4-6-40-24(36)42-10-18-44-16(12-46-18)32-8-14(26)20(28)30-22(32)34/h7-8,15-18H,1-6,9-12H2,(H2,27,29,33)(H2,28,30,34)/t15-,16-,17-,18+/m0/s1. The molecule has 0 amide bonds. The van der Waals surface area contributed by atoms with E-state index in [1.165, 1.54) is 23.5 Å². The van der Waals surface area contributed by atoms with Crippen LogP contribution >= 0.6 is 23.5 Å². The number of aromatic nitrogens is 4. The number of nitrogens with zero attached hydrogens (tertiary/aromatic N) is 4. The van der Waals surface area contributed by atoms with Crippen LogP contribution in [0.25, 0.3) is 0 Å². The average molecular weight is 697 g/mol.